The molecule has 5 nitrogen and oxygen atoms in total. The van der Waals surface area contributed by atoms with Gasteiger partial charge in [0.15, 0.2) is 0 Å². The van der Waals surface area contributed by atoms with Gasteiger partial charge >= 0.3 is 6.03 Å². The van der Waals surface area contributed by atoms with Crippen LogP contribution in [-0.2, 0) is 13.0 Å². The van der Waals surface area contributed by atoms with E-state index >= 15 is 0 Å². The number of carbonyl (C=O) groups is 2. The van der Waals surface area contributed by atoms with Gasteiger partial charge in [-0.05, 0) is 54.5 Å². The van der Waals surface area contributed by atoms with Crippen LogP contribution >= 0.6 is 0 Å². The van der Waals surface area contributed by atoms with Crippen LogP contribution in [0.25, 0.3) is 0 Å². The summed E-state index contributed by atoms with van der Waals surface area (Å²) in [5.74, 6) is -0.0989. The molecular formula is C22H25N3O2. The van der Waals surface area contributed by atoms with Crippen LogP contribution in [0.2, 0.25) is 0 Å². The second kappa shape index (κ2) is 7.43. The van der Waals surface area contributed by atoms with Crippen molar-refractivity contribution in [1.29, 1.82) is 0 Å². The lowest BCUT2D eigenvalue weighted by Gasteiger charge is -2.25. The molecule has 1 fully saturated rings. The minimum atomic E-state index is -0.0989. The normalized spacial score (nSPS) is 17.9. The van der Waals surface area contributed by atoms with E-state index < -0.39 is 0 Å². The molecular weight excluding hydrogens is 338 g/mol. The zero-order valence-corrected chi connectivity index (χ0v) is 15.6. The number of nitrogens with zero attached hydrogens (tertiary/aromatic N) is 1. The Morgan fingerprint density at radius 1 is 1.04 bits per heavy atom. The van der Waals surface area contributed by atoms with Crippen molar-refractivity contribution < 1.29 is 9.59 Å². The SMILES string of the molecule is CNC(=O)c1ccc(CN(C(=O)NC2CCc3ccccc32)C2CC2)cc1. The van der Waals surface area contributed by atoms with Crippen molar-refractivity contribution in [2.75, 3.05) is 7.05 Å². The van der Waals surface area contributed by atoms with E-state index in [2.05, 4.69) is 28.8 Å². The van der Waals surface area contributed by atoms with Gasteiger partial charge in [0.2, 0.25) is 0 Å². The van der Waals surface area contributed by atoms with E-state index in [-0.39, 0.29) is 18.0 Å². The molecule has 1 atom stereocenters. The number of hydrogen-bond donors (Lipinski definition) is 2. The standard InChI is InChI=1S/C22H25N3O2/c1-23-21(26)17-8-6-15(7-9-17)14-25(18-11-12-18)22(27)24-20-13-10-16-4-2-3-5-19(16)20/h2-9,18,20H,10-14H2,1H3,(H,23,26)(H,24,27). The number of aryl methyl sites for hydroxylation is 1. The Bertz CT molecular complexity index is 843. The summed E-state index contributed by atoms with van der Waals surface area (Å²) in [6.45, 7) is 0.568. The molecule has 1 unspecified atom stereocenters. The molecule has 1 saturated carbocycles. The molecule has 0 radical (unpaired) electrons. The Kier molecular flexibility index (Phi) is 4.84. The van der Waals surface area contributed by atoms with Gasteiger partial charge in [0, 0.05) is 25.2 Å². The van der Waals surface area contributed by atoms with Crippen molar-refractivity contribution in [3.63, 3.8) is 0 Å². The van der Waals surface area contributed by atoms with Crippen LogP contribution < -0.4 is 10.6 Å². The number of urea groups is 1. The Morgan fingerprint density at radius 3 is 2.48 bits per heavy atom. The van der Waals surface area contributed by atoms with Crippen molar-refractivity contribution in [1.82, 2.24) is 15.5 Å². The molecule has 140 valence electrons. The van der Waals surface area contributed by atoms with Gasteiger partial charge in [-0.2, -0.15) is 0 Å². The molecule has 5 heteroatoms. The zero-order chi connectivity index (χ0) is 18.8. The number of amides is 3. The van der Waals surface area contributed by atoms with Crippen LogP contribution in [0, 0.1) is 0 Å². The van der Waals surface area contributed by atoms with Gasteiger partial charge in [-0.15, -0.1) is 0 Å². The summed E-state index contributed by atoms with van der Waals surface area (Å²) in [5, 5.41) is 5.86. The first kappa shape index (κ1) is 17.6. The van der Waals surface area contributed by atoms with E-state index in [1.807, 2.05) is 35.2 Å². The maximum atomic E-state index is 13.0. The van der Waals surface area contributed by atoms with E-state index in [4.69, 9.17) is 0 Å². The molecule has 2 aromatic rings. The van der Waals surface area contributed by atoms with E-state index in [9.17, 15) is 9.59 Å². The number of fused-ring (bicyclic) bond motifs is 1. The van der Waals surface area contributed by atoms with Crippen LogP contribution in [0.5, 0.6) is 0 Å². The topological polar surface area (TPSA) is 61.4 Å². The van der Waals surface area contributed by atoms with Crippen molar-refractivity contribution in [3.05, 3.63) is 70.8 Å². The quantitative estimate of drug-likeness (QED) is 0.855. The second-order valence-electron chi connectivity index (χ2n) is 7.37. The molecule has 0 aliphatic heterocycles. The van der Waals surface area contributed by atoms with Gasteiger partial charge in [0.05, 0.1) is 6.04 Å². The molecule has 0 heterocycles. The lowest BCUT2D eigenvalue weighted by atomic mass is 10.1. The largest absolute Gasteiger partial charge is 0.355 e. The van der Waals surface area contributed by atoms with Crippen LogP contribution in [-0.4, -0.2) is 29.9 Å². The molecule has 27 heavy (non-hydrogen) atoms. The molecule has 4 rings (SSSR count). The van der Waals surface area contributed by atoms with E-state index in [1.54, 1.807) is 7.05 Å². The summed E-state index contributed by atoms with van der Waals surface area (Å²) in [6, 6.07) is 16.3. The molecule has 2 aliphatic rings. The smallest absolute Gasteiger partial charge is 0.318 e. The van der Waals surface area contributed by atoms with E-state index in [0.717, 1.165) is 31.2 Å². The highest BCUT2D eigenvalue weighted by Gasteiger charge is 2.34. The monoisotopic (exact) mass is 363 g/mol. The molecule has 3 amide bonds. The molecule has 0 spiro atoms. The highest BCUT2D eigenvalue weighted by molar-refractivity contribution is 5.93. The predicted molar refractivity (Wildman–Crippen MR) is 104 cm³/mol. The van der Waals surface area contributed by atoms with Gasteiger partial charge in [0.1, 0.15) is 0 Å². The van der Waals surface area contributed by atoms with Gasteiger partial charge in [-0.25, -0.2) is 4.79 Å². The third kappa shape index (κ3) is 3.82. The van der Waals surface area contributed by atoms with Crippen molar-refractivity contribution in [2.45, 2.75) is 44.3 Å². The third-order valence-corrected chi connectivity index (χ3v) is 5.48. The van der Waals surface area contributed by atoms with Gasteiger partial charge in [0.25, 0.3) is 5.91 Å². The molecule has 2 aromatic carbocycles. The summed E-state index contributed by atoms with van der Waals surface area (Å²) in [4.78, 5) is 26.6. The number of hydrogen-bond acceptors (Lipinski definition) is 2. The lowest BCUT2D eigenvalue weighted by Crippen LogP contribution is -2.42. The molecule has 0 bridgehead atoms. The highest BCUT2D eigenvalue weighted by atomic mass is 16.2. The minimum absolute atomic E-state index is 0.00887. The van der Waals surface area contributed by atoms with Crippen LogP contribution in [0.1, 0.15) is 52.4 Å². The van der Waals surface area contributed by atoms with Gasteiger partial charge in [-0.3, -0.25) is 4.79 Å². The summed E-state index contributed by atoms with van der Waals surface area (Å²) in [7, 11) is 1.62. The summed E-state index contributed by atoms with van der Waals surface area (Å²) in [6.07, 6.45) is 4.10. The second-order valence-corrected chi connectivity index (χ2v) is 7.37. The van der Waals surface area contributed by atoms with Crippen LogP contribution in [0.3, 0.4) is 0 Å². The fourth-order valence-electron chi connectivity index (χ4n) is 3.79. The number of carbonyl (C=O) groups excluding carboxylic acids is 2. The maximum Gasteiger partial charge on any atom is 0.318 e. The Labute approximate surface area is 159 Å². The van der Waals surface area contributed by atoms with Crippen molar-refractivity contribution >= 4 is 11.9 Å². The zero-order valence-electron chi connectivity index (χ0n) is 15.6. The maximum absolute atomic E-state index is 13.0. The van der Waals surface area contributed by atoms with Crippen molar-refractivity contribution in [2.24, 2.45) is 0 Å². The van der Waals surface area contributed by atoms with Gasteiger partial charge in [-0.1, -0.05) is 36.4 Å². The summed E-state index contributed by atoms with van der Waals surface area (Å²) < 4.78 is 0. The Hall–Kier alpha value is -2.82. The summed E-state index contributed by atoms with van der Waals surface area (Å²) >= 11 is 0. The predicted octanol–water partition coefficient (Wildman–Crippen LogP) is 3.41. The van der Waals surface area contributed by atoms with Crippen LogP contribution in [0.15, 0.2) is 48.5 Å². The molecule has 0 aromatic heterocycles. The fraction of sp³-hybridized carbons (Fsp3) is 0.364. The molecule has 0 saturated heterocycles. The first-order valence-electron chi connectivity index (χ1n) is 9.61. The lowest BCUT2D eigenvalue weighted by molar-refractivity contribution is 0.0963. The Morgan fingerprint density at radius 2 is 1.78 bits per heavy atom. The Balaban J connectivity index is 1.44. The first-order chi connectivity index (χ1) is 13.2. The number of benzene rings is 2. The third-order valence-electron chi connectivity index (χ3n) is 5.48. The molecule has 2 aliphatic carbocycles. The average molecular weight is 363 g/mol. The summed E-state index contributed by atoms with van der Waals surface area (Å²) in [5.41, 5.74) is 4.25. The number of nitrogens with one attached hydrogen (secondary N) is 2. The van der Waals surface area contributed by atoms with Crippen LogP contribution in [0.4, 0.5) is 4.79 Å². The fourth-order valence-corrected chi connectivity index (χ4v) is 3.79. The highest BCUT2D eigenvalue weighted by Crippen LogP contribution is 2.33. The van der Waals surface area contributed by atoms with E-state index in [1.165, 1.54) is 11.1 Å². The van der Waals surface area contributed by atoms with Gasteiger partial charge < -0.3 is 15.5 Å². The number of rotatable bonds is 5. The van der Waals surface area contributed by atoms with Crippen molar-refractivity contribution in [3.8, 4) is 0 Å². The van der Waals surface area contributed by atoms with E-state index in [0.29, 0.717) is 18.2 Å². The first-order valence-corrected chi connectivity index (χ1v) is 9.61. The minimum Gasteiger partial charge on any atom is -0.355 e. The molecule has 2 N–H and O–H groups in total. The average Bonchev–Trinajstić information content (AvgIpc) is 3.47.